The Labute approximate surface area is 123 Å². The van der Waals surface area contributed by atoms with Crippen LogP contribution in [0.25, 0.3) is 11.0 Å². The van der Waals surface area contributed by atoms with Crippen molar-refractivity contribution in [3.63, 3.8) is 0 Å². The van der Waals surface area contributed by atoms with Crippen molar-refractivity contribution in [1.29, 1.82) is 0 Å². The van der Waals surface area contributed by atoms with Crippen LogP contribution in [-0.4, -0.2) is 44.1 Å². The predicted octanol–water partition coefficient (Wildman–Crippen LogP) is 2.70. The first-order valence-corrected chi connectivity index (χ1v) is 7.82. The average molecular weight is 292 g/mol. The van der Waals surface area contributed by atoms with Gasteiger partial charge in [-0.25, -0.2) is 4.98 Å². The summed E-state index contributed by atoms with van der Waals surface area (Å²) < 4.78 is 0. The second kappa shape index (κ2) is 6.74. The number of H-pyrrole nitrogens is 1. The Hall–Kier alpha value is -1.56. The highest BCUT2D eigenvalue weighted by molar-refractivity contribution is 8.00. The zero-order valence-corrected chi connectivity index (χ0v) is 12.9. The second-order valence-corrected chi connectivity index (χ2v) is 5.65. The Kier molecular flexibility index (Phi) is 5.00. The lowest BCUT2D eigenvalue weighted by Gasteiger charge is -2.23. The lowest BCUT2D eigenvalue weighted by molar-refractivity contribution is -0.130. The Bertz CT molecular complexity index is 546. The summed E-state index contributed by atoms with van der Waals surface area (Å²) in [7, 11) is 0. The van der Waals surface area contributed by atoms with E-state index in [2.05, 4.69) is 15.0 Å². The van der Waals surface area contributed by atoms with E-state index in [9.17, 15) is 4.79 Å². The zero-order chi connectivity index (χ0) is 14.5. The number of amides is 1. The summed E-state index contributed by atoms with van der Waals surface area (Å²) in [6, 6.07) is 1.86. The largest absolute Gasteiger partial charge is 0.342 e. The SMILES string of the molecule is CCC(Sc1nc2ccncc2[nH]1)C(=O)N(CC)CC. The Morgan fingerprint density at radius 1 is 1.40 bits per heavy atom. The summed E-state index contributed by atoms with van der Waals surface area (Å²) in [5, 5.41) is 0.684. The van der Waals surface area contributed by atoms with Crippen LogP contribution in [0.2, 0.25) is 0 Å². The molecule has 0 spiro atoms. The number of hydrogen-bond acceptors (Lipinski definition) is 4. The van der Waals surface area contributed by atoms with Gasteiger partial charge in [-0.3, -0.25) is 9.78 Å². The number of carbonyl (C=O) groups excluding carboxylic acids is 1. The molecule has 0 saturated carbocycles. The van der Waals surface area contributed by atoms with Crippen LogP contribution in [0, 0.1) is 0 Å². The fraction of sp³-hybridized carbons (Fsp3) is 0.500. The number of imidazole rings is 1. The first-order valence-electron chi connectivity index (χ1n) is 6.94. The van der Waals surface area contributed by atoms with E-state index in [4.69, 9.17) is 0 Å². The third-order valence-corrected chi connectivity index (χ3v) is 4.47. The first-order chi connectivity index (χ1) is 9.69. The molecule has 6 heteroatoms. The molecular weight excluding hydrogens is 272 g/mol. The topological polar surface area (TPSA) is 61.9 Å². The van der Waals surface area contributed by atoms with E-state index in [0.29, 0.717) is 0 Å². The lowest BCUT2D eigenvalue weighted by atomic mass is 10.3. The number of nitrogens with one attached hydrogen (secondary N) is 1. The first kappa shape index (κ1) is 14.8. The van der Waals surface area contributed by atoms with Crippen LogP contribution >= 0.6 is 11.8 Å². The van der Waals surface area contributed by atoms with Gasteiger partial charge in [0.1, 0.15) is 0 Å². The molecule has 1 amide bonds. The number of rotatable bonds is 6. The minimum atomic E-state index is -0.0941. The molecule has 0 radical (unpaired) electrons. The summed E-state index contributed by atoms with van der Waals surface area (Å²) in [6.07, 6.45) is 4.25. The summed E-state index contributed by atoms with van der Waals surface area (Å²) >= 11 is 1.50. The molecule has 1 unspecified atom stereocenters. The summed E-state index contributed by atoms with van der Waals surface area (Å²) in [5.41, 5.74) is 1.78. The summed E-state index contributed by atoms with van der Waals surface area (Å²) in [6.45, 7) is 7.54. The number of aromatic nitrogens is 3. The highest BCUT2D eigenvalue weighted by atomic mass is 32.2. The number of pyridine rings is 1. The average Bonchev–Trinajstić information content (AvgIpc) is 2.88. The van der Waals surface area contributed by atoms with Gasteiger partial charge in [-0.15, -0.1) is 0 Å². The van der Waals surface area contributed by atoms with Crippen LogP contribution in [0.5, 0.6) is 0 Å². The van der Waals surface area contributed by atoms with Gasteiger partial charge in [0.05, 0.1) is 22.5 Å². The minimum absolute atomic E-state index is 0.0941. The van der Waals surface area contributed by atoms with Crippen molar-refractivity contribution in [2.45, 2.75) is 37.6 Å². The molecule has 0 saturated heterocycles. The van der Waals surface area contributed by atoms with Crippen molar-refractivity contribution in [1.82, 2.24) is 19.9 Å². The molecule has 0 fully saturated rings. The van der Waals surface area contributed by atoms with Crippen molar-refractivity contribution in [2.24, 2.45) is 0 Å². The molecule has 5 nitrogen and oxygen atoms in total. The van der Waals surface area contributed by atoms with Gasteiger partial charge in [-0.05, 0) is 26.3 Å². The molecule has 0 aliphatic carbocycles. The standard InChI is InChI=1S/C14H20N4OS/c1-4-12(13(19)18(5-2)6-3)20-14-16-10-7-8-15-9-11(10)17-14/h7-9,12H,4-6H2,1-3H3,(H,16,17). The third-order valence-electron chi connectivity index (χ3n) is 3.24. The highest BCUT2D eigenvalue weighted by Crippen LogP contribution is 2.26. The van der Waals surface area contributed by atoms with E-state index in [0.717, 1.165) is 35.7 Å². The van der Waals surface area contributed by atoms with Crippen LogP contribution in [-0.2, 0) is 4.79 Å². The summed E-state index contributed by atoms with van der Waals surface area (Å²) in [4.78, 5) is 26.0. The number of fused-ring (bicyclic) bond motifs is 1. The van der Waals surface area contributed by atoms with Crippen LogP contribution in [0.15, 0.2) is 23.6 Å². The molecule has 0 aliphatic heterocycles. The molecule has 2 heterocycles. The van der Waals surface area contributed by atoms with Crippen LogP contribution in [0.3, 0.4) is 0 Å². The van der Waals surface area contributed by atoms with E-state index in [1.165, 1.54) is 11.8 Å². The second-order valence-electron chi connectivity index (χ2n) is 4.46. The van der Waals surface area contributed by atoms with E-state index in [-0.39, 0.29) is 11.2 Å². The van der Waals surface area contributed by atoms with E-state index in [1.54, 1.807) is 12.4 Å². The van der Waals surface area contributed by atoms with Gasteiger partial charge in [0, 0.05) is 19.3 Å². The van der Waals surface area contributed by atoms with Crippen molar-refractivity contribution in [3.05, 3.63) is 18.5 Å². The zero-order valence-electron chi connectivity index (χ0n) is 12.1. The monoisotopic (exact) mass is 292 g/mol. The molecule has 20 heavy (non-hydrogen) atoms. The molecule has 2 aromatic rings. The molecular formula is C14H20N4OS. The fourth-order valence-electron chi connectivity index (χ4n) is 2.07. The number of thioether (sulfide) groups is 1. The Balaban J connectivity index is 2.15. The molecule has 1 atom stereocenters. The maximum Gasteiger partial charge on any atom is 0.236 e. The van der Waals surface area contributed by atoms with Gasteiger partial charge in [0.2, 0.25) is 5.91 Å². The highest BCUT2D eigenvalue weighted by Gasteiger charge is 2.23. The molecule has 0 aromatic carbocycles. The molecule has 2 aromatic heterocycles. The predicted molar refractivity (Wildman–Crippen MR) is 81.8 cm³/mol. The van der Waals surface area contributed by atoms with Gasteiger partial charge >= 0.3 is 0 Å². The van der Waals surface area contributed by atoms with Crippen molar-refractivity contribution in [3.8, 4) is 0 Å². The van der Waals surface area contributed by atoms with Gasteiger partial charge in [0.25, 0.3) is 0 Å². The number of nitrogens with zero attached hydrogens (tertiary/aromatic N) is 3. The maximum absolute atomic E-state index is 12.4. The molecule has 1 N–H and O–H groups in total. The van der Waals surface area contributed by atoms with Gasteiger partial charge in [0.15, 0.2) is 5.16 Å². The van der Waals surface area contributed by atoms with Crippen LogP contribution in [0.4, 0.5) is 0 Å². The van der Waals surface area contributed by atoms with Crippen LogP contribution < -0.4 is 0 Å². The van der Waals surface area contributed by atoms with Crippen molar-refractivity contribution >= 4 is 28.7 Å². The minimum Gasteiger partial charge on any atom is -0.342 e. The molecule has 2 rings (SSSR count). The Morgan fingerprint density at radius 3 is 2.75 bits per heavy atom. The summed E-state index contributed by atoms with van der Waals surface area (Å²) in [5.74, 6) is 0.182. The normalized spacial score (nSPS) is 12.6. The van der Waals surface area contributed by atoms with E-state index < -0.39 is 0 Å². The number of carbonyl (C=O) groups is 1. The maximum atomic E-state index is 12.4. The molecule has 108 valence electrons. The van der Waals surface area contributed by atoms with Crippen molar-refractivity contribution in [2.75, 3.05) is 13.1 Å². The van der Waals surface area contributed by atoms with Crippen molar-refractivity contribution < 1.29 is 4.79 Å². The quantitative estimate of drug-likeness (QED) is 0.832. The molecule has 0 bridgehead atoms. The number of hydrogen-bond donors (Lipinski definition) is 1. The molecule has 0 aliphatic rings. The fourth-order valence-corrected chi connectivity index (χ4v) is 3.08. The number of aromatic amines is 1. The smallest absolute Gasteiger partial charge is 0.236 e. The third kappa shape index (κ3) is 3.12. The van der Waals surface area contributed by atoms with Gasteiger partial charge in [-0.2, -0.15) is 0 Å². The van der Waals surface area contributed by atoms with E-state index >= 15 is 0 Å². The van der Waals surface area contributed by atoms with Gasteiger partial charge < -0.3 is 9.88 Å². The van der Waals surface area contributed by atoms with Crippen LogP contribution in [0.1, 0.15) is 27.2 Å². The van der Waals surface area contributed by atoms with E-state index in [1.807, 2.05) is 31.7 Å². The Morgan fingerprint density at radius 2 is 2.15 bits per heavy atom. The van der Waals surface area contributed by atoms with Gasteiger partial charge in [-0.1, -0.05) is 18.7 Å². The lowest BCUT2D eigenvalue weighted by Crippen LogP contribution is -2.37.